The van der Waals surface area contributed by atoms with E-state index < -0.39 is 0 Å². The maximum absolute atomic E-state index is 3.74. The molecule has 1 aliphatic rings. The van der Waals surface area contributed by atoms with Crippen LogP contribution in [0.5, 0.6) is 0 Å². The first-order valence-corrected chi connectivity index (χ1v) is 9.03. The fourth-order valence-corrected chi connectivity index (χ4v) is 5.12. The molecular weight excluding hydrogens is 318 g/mol. The van der Waals surface area contributed by atoms with Crippen molar-refractivity contribution in [3.8, 4) is 0 Å². The smallest absolute Gasteiger partial charge is 0.0317 e. The first kappa shape index (κ1) is 15.5. The molecular formula is C16H26BrNS. The molecule has 1 aromatic rings. The number of hydrogen-bond acceptors (Lipinski definition) is 2. The Labute approximate surface area is 130 Å². The zero-order valence-corrected chi connectivity index (χ0v) is 14.9. The first-order valence-electron chi connectivity index (χ1n) is 7.29. The molecule has 0 aromatic carbocycles. The maximum atomic E-state index is 3.74. The predicted molar refractivity (Wildman–Crippen MR) is 89.0 cm³/mol. The summed E-state index contributed by atoms with van der Waals surface area (Å²) in [7, 11) is 2.08. The lowest BCUT2D eigenvalue weighted by atomic mass is 9.64. The Morgan fingerprint density at radius 2 is 2.05 bits per heavy atom. The topological polar surface area (TPSA) is 12.0 Å². The molecule has 3 atom stereocenters. The predicted octanol–water partition coefficient (Wildman–Crippen LogP) is 5.28. The lowest BCUT2D eigenvalue weighted by Gasteiger charge is -2.42. The van der Waals surface area contributed by atoms with Gasteiger partial charge in [0.1, 0.15) is 0 Å². The fraction of sp³-hybridized carbons (Fsp3) is 0.750. The molecule has 1 fully saturated rings. The van der Waals surface area contributed by atoms with Crippen molar-refractivity contribution in [1.82, 2.24) is 5.32 Å². The molecule has 108 valence electrons. The molecule has 0 spiro atoms. The molecule has 1 nitrogen and oxygen atoms in total. The minimum absolute atomic E-state index is 0.436. The molecule has 1 aliphatic carbocycles. The minimum Gasteiger partial charge on any atom is -0.319 e. The van der Waals surface area contributed by atoms with E-state index in [-0.39, 0.29) is 0 Å². The van der Waals surface area contributed by atoms with Crippen LogP contribution in [0.25, 0.3) is 0 Å². The number of hydrogen-bond donors (Lipinski definition) is 1. The van der Waals surface area contributed by atoms with Crippen molar-refractivity contribution >= 4 is 27.3 Å². The van der Waals surface area contributed by atoms with Gasteiger partial charge in [-0.05, 0) is 82.9 Å². The number of rotatable bonds is 3. The number of nitrogens with one attached hydrogen (secondary N) is 1. The summed E-state index contributed by atoms with van der Waals surface area (Å²) in [6, 6.07) is 0. The van der Waals surface area contributed by atoms with Gasteiger partial charge in [0.25, 0.3) is 0 Å². The van der Waals surface area contributed by atoms with Crippen molar-refractivity contribution in [3.05, 3.63) is 20.8 Å². The summed E-state index contributed by atoms with van der Waals surface area (Å²) in [5.41, 5.74) is 1.98. The second kappa shape index (κ2) is 6.28. The summed E-state index contributed by atoms with van der Waals surface area (Å²) in [6.07, 6.45) is 4.08. The summed E-state index contributed by atoms with van der Waals surface area (Å²) in [6.45, 7) is 8.34. The van der Waals surface area contributed by atoms with E-state index in [2.05, 4.69) is 59.8 Å². The molecule has 1 aromatic heterocycles. The van der Waals surface area contributed by atoms with Gasteiger partial charge in [-0.1, -0.05) is 20.8 Å². The third kappa shape index (κ3) is 3.62. The molecule has 1 N–H and O–H groups in total. The van der Waals surface area contributed by atoms with Crippen LogP contribution in [-0.2, 0) is 0 Å². The second-order valence-electron chi connectivity index (χ2n) is 6.98. The Morgan fingerprint density at radius 3 is 2.58 bits per heavy atom. The Hall–Kier alpha value is 0.140. The minimum atomic E-state index is 0.436. The van der Waals surface area contributed by atoms with E-state index in [4.69, 9.17) is 0 Å². The van der Waals surface area contributed by atoms with Crippen molar-refractivity contribution in [2.75, 3.05) is 13.6 Å². The summed E-state index contributed by atoms with van der Waals surface area (Å²) in [5.74, 6) is 2.35. The van der Waals surface area contributed by atoms with Crippen molar-refractivity contribution in [2.24, 2.45) is 17.3 Å². The van der Waals surface area contributed by atoms with Crippen molar-refractivity contribution < 1.29 is 0 Å². The van der Waals surface area contributed by atoms with Crippen LogP contribution >= 0.6 is 27.3 Å². The highest BCUT2D eigenvalue weighted by atomic mass is 79.9. The monoisotopic (exact) mass is 343 g/mol. The standard InChI is InChI=1S/C16H26BrNS/c1-16(2,3)12-6-5-11(8-18-4)13(7-12)14-9-19-10-15(14)17/h9-13,18H,5-8H2,1-4H3. The quantitative estimate of drug-likeness (QED) is 0.787. The van der Waals surface area contributed by atoms with Gasteiger partial charge in [0, 0.05) is 9.85 Å². The summed E-state index contributed by atoms with van der Waals surface area (Å²) >= 11 is 5.56. The Balaban J connectivity index is 2.20. The molecule has 0 aliphatic heterocycles. The van der Waals surface area contributed by atoms with Gasteiger partial charge in [0.15, 0.2) is 0 Å². The molecule has 19 heavy (non-hydrogen) atoms. The maximum Gasteiger partial charge on any atom is 0.0317 e. The van der Waals surface area contributed by atoms with Crippen molar-refractivity contribution in [1.29, 1.82) is 0 Å². The highest BCUT2D eigenvalue weighted by molar-refractivity contribution is 9.10. The van der Waals surface area contributed by atoms with E-state index in [1.165, 1.54) is 23.7 Å². The molecule has 2 rings (SSSR count). The molecule has 1 heterocycles. The van der Waals surface area contributed by atoms with Crippen LogP contribution in [-0.4, -0.2) is 13.6 Å². The van der Waals surface area contributed by atoms with Gasteiger partial charge >= 0.3 is 0 Å². The average Bonchev–Trinajstić information content (AvgIpc) is 2.75. The lowest BCUT2D eigenvalue weighted by Crippen LogP contribution is -2.34. The molecule has 1 saturated carbocycles. The van der Waals surface area contributed by atoms with Crippen LogP contribution < -0.4 is 5.32 Å². The SMILES string of the molecule is CNCC1CCC(C(C)(C)C)CC1c1cscc1Br. The molecule has 0 bridgehead atoms. The molecule has 0 radical (unpaired) electrons. The molecule has 0 saturated heterocycles. The highest BCUT2D eigenvalue weighted by Crippen LogP contribution is 2.48. The number of thiophene rings is 1. The highest BCUT2D eigenvalue weighted by Gasteiger charge is 2.37. The third-order valence-electron chi connectivity index (χ3n) is 4.73. The van der Waals surface area contributed by atoms with Crippen molar-refractivity contribution in [2.45, 2.75) is 46.0 Å². The largest absolute Gasteiger partial charge is 0.319 e. The summed E-state index contributed by atoms with van der Waals surface area (Å²) < 4.78 is 1.32. The Morgan fingerprint density at radius 1 is 1.32 bits per heavy atom. The van der Waals surface area contributed by atoms with Gasteiger partial charge in [-0.15, -0.1) is 0 Å². The van der Waals surface area contributed by atoms with Crippen LogP contribution in [0.1, 0.15) is 51.5 Å². The Bertz CT molecular complexity index is 407. The van der Waals surface area contributed by atoms with Gasteiger partial charge in [0.2, 0.25) is 0 Å². The molecule has 0 amide bonds. The normalized spacial score (nSPS) is 28.6. The van der Waals surface area contributed by atoms with Gasteiger partial charge in [0.05, 0.1) is 0 Å². The van der Waals surface area contributed by atoms with E-state index in [9.17, 15) is 0 Å². The second-order valence-corrected chi connectivity index (χ2v) is 8.57. The Kier molecular flexibility index (Phi) is 5.13. The van der Waals surface area contributed by atoms with Crippen LogP contribution in [0.4, 0.5) is 0 Å². The fourth-order valence-electron chi connectivity index (χ4n) is 3.46. The first-order chi connectivity index (χ1) is 8.93. The van der Waals surface area contributed by atoms with Crippen molar-refractivity contribution in [3.63, 3.8) is 0 Å². The molecule has 3 heteroatoms. The van der Waals surface area contributed by atoms with E-state index in [0.717, 1.165) is 18.4 Å². The van der Waals surface area contributed by atoms with E-state index >= 15 is 0 Å². The molecule has 3 unspecified atom stereocenters. The lowest BCUT2D eigenvalue weighted by molar-refractivity contribution is 0.130. The zero-order chi connectivity index (χ0) is 14.0. The zero-order valence-electron chi connectivity index (χ0n) is 12.5. The van der Waals surface area contributed by atoms with Gasteiger partial charge in [-0.2, -0.15) is 11.3 Å². The number of halogens is 1. The van der Waals surface area contributed by atoms with Crippen LogP contribution in [0.15, 0.2) is 15.2 Å². The summed E-state index contributed by atoms with van der Waals surface area (Å²) in [5, 5.41) is 7.97. The van der Waals surface area contributed by atoms with E-state index in [1.54, 1.807) is 5.56 Å². The average molecular weight is 344 g/mol. The van der Waals surface area contributed by atoms with Gasteiger partial charge in [-0.25, -0.2) is 0 Å². The van der Waals surface area contributed by atoms with Gasteiger partial charge < -0.3 is 5.32 Å². The summed E-state index contributed by atoms with van der Waals surface area (Å²) in [4.78, 5) is 0. The van der Waals surface area contributed by atoms with Crippen LogP contribution in [0, 0.1) is 17.3 Å². The van der Waals surface area contributed by atoms with E-state index in [1.807, 2.05) is 11.3 Å². The third-order valence-corrected chi connectivity index (χ3v) is 6.48. The van der Waals surface area contributed by atoms with Crippen LogP contribution in [0.3, 0.4) is 0 Å². The van der Waals surface area contributed by atoms with E-state index in [0.29, 0.717) is 11.3 Å². The van der Waals surface area contributed by atoms with Gasteiger partial charge in [-0.3, -0.25) is 0 Å². The van der Waals surface area contributed by atoms with Crippen LogP contribution in [0.2, 0.25) is 0 Å².